The number of hydrogen-bond donors (Lipinski definition) is 3. The van der Waals surface area contributed by atoms with Crippen LogP contribution in [0.3, 0.4) is 0 Å². The highest BCUT2D eigenvalue weighted by atomic mass is 16.3. The van der Waals surface area contributed by atoms with E-state index in [0.29, 0.717) is 18.0 Å². The molecule has 1 fully saturated rings. The van der Waals surface area contributed by atoms with E-state index in [0.717, 1.165) is 31.4 Å². The third-order valence-corrected chi connectivity index (χ3v) is 3.86. The van der Waals surface area contributed by atoms with Gasteiger partial charge in [-0.3, -0.25) is 9.89 Å². The molecule has 0 unspecified atom stereocenters. The summed E-state index contributed by atoms with van der Waals surface area (Å²) in [6.07, 6.45) is 5.09. The van der Waals surface area contributed by atoms with E-state index in [9.17, 15) is 9.90 Å². The summed E-state index contributed by atoms with van der Waals surface area (Å²) < 4.78 is 0. The highest BCUT2D eigenvalue weighted by molar-refractivity contribution is 5.94. The molecule has 0 radical (unpaired) electrons. The summed E-state index contributed by atoms with van der Waals surface area (Å²) in [7, 11) is 0. The van der Waals surface area contributed by atoms with Crippen molar-refractivity contribution in [1.82, 2.24) is 15.5 Å². The van der Waals surface area contributed by atoms with Gasteiger partial charge >= 0.3 is 0 Å². The molecule has 1 amide bonds. The van der Waals surface area contributed by atoms with Crippen molar-refractivity contribution < 1.29 is 9.90 Å². The van der Waals surface area contributed by atoms with Gasteiger partial charge < -0.3 is 10.4 Å². The zero-order valence-corrected chi connectivity index (χ0v) is 11.0. The molecule has 5 heteroatoms. The minimum Gasteiger partial charge on any atom is -0.388 e. The van der Waals surface area contributed by atoms with E-state index >= 15 is 0 Å². The Morgan fingerprint density at radius 1 is 1.61 bits per heavy atom. The number of rotatable bonds is 3. The summed E-state index contributed by atoms with van der Waals surface area (Å²) in [5.74, 6) is 0.505. The lowest BCUT2D eigenvalue weighted by molar-refractivity contribution is -0.00540. The largest absolute Gasteiger partial charge is 0.388 e. The van der Waals surface area contributed by atoms with Crippen LogP contribution in [0.25, 0.3) is 0 Å². The van der Waals surface area contributed by atoms with Crippen molar-refractivity contribution in [3.8, 4) is 0 Å². The van der Waals surface area contributed by atoms with Gasteiger partial charge in [-0.1, -0.05) is 6.92 Å². The van der Waals surface area contributed by atoms with Gasteiger partial charge in [0.1, 0.15) is 0 Å². The molecule has 1 aromatic rings. The first-order valence-corrected chi connectivity index (χ1v) is 6.51. The lowest BCUT2D eigenvalue weighted by Gasteiger charge is -2.34. The maximum absolute atomic E-state index is 11.9. The number of nitrogens with one attached hydrogen (secondary N) is 2. The van der Waals surface area contributed by atoms with Crippen molar-refractivity contribution in [2.24, 2.45) is 5.92 Å². The summed E-state index contributed by atoms with van der Waals surface area (Å²) in [5, 5.41) is 19.7. The van der Waals surface area contributed by atoms with Crippen LogP contribution in [-0.4, -0.2) is 33.4 Å². The topological polar surface area (TPSA) is 78.0 Å². The quantitative estimate of drug-likeness (QED) is 0.759. The predicted octanol–water partition coefficient (Wildman–Crippen LogP) is 1.39. The van der Waals surface area contributed by atoms with Crippen molar-refractivity contribution >= 4 is 5.91 Å². The lowest BCUT2D eigenvalue weighted by Crippen LogP contribution is -2.45. The van der Waals surface area contributed by atoms with Crippen LogP contribution in [0.15, 0.2) is 6.20 Å². The number of hydrogen-bond acceptors (Lipinski definition) is 3. The molecule has 3 N–H and O–H groups in total. The molecular formula is C13H21N3O2. The number of aryl methyl sites for hydroxylation is 1. The van der Waals surface area contributed by atoms with Crippen molar-refractivity contribution in [3.63, 3.8) is 0 Å². The summed E-state index contributed by atoms with van der Waals surface area (Å²) in [5.41, 5.74) is 0.555. The van der Waals surface area contributed by atoms with Gasteiger partial charge in [0.15, 0.2) is 0 Å². The Kier molecular flexibility index (Phi) is 3.71. The molecule has 1 saturated carbocycles. The standard InChI is InChI=1S/C13H21N3O2/c1-9-3-5-13(18,6-4-9)8-14-12(17)11-7-15-16-10(11)2/h7,9,18H,3-6,8H2,1-2H3,(H,14,17)(H,15,16). The Hall–Kier alpha value is -1.36. The van der Waals surface area contributed by atoms with E-state index in [4.69, 9.17) is 0 Å². The first-order valence-electron chi connectivity index (χ1n) is 6.51. The molecule has 18 heavy (non-hydrogen) atoms. The normalized spacial score (nSPS) is 28.1. The van der Waals surface area contributed by atoms with E-state index in [-0.39, 0.29) is 5.91 Å². The van der Waals surface area contributed by atoms with Crippen LogP contribution in [0, 0.1) is 12.8 Å². The van der Waals surface area contributed by atoms with Gasteiger partial charge in [-0.05, 0) is 38.5 Å². The van der Waals surface area contributed by atoms with Gasteiger partial charge in [0.05, 0.1) is 17.4 Å². The predicted molar refractivity (Wildman–Crippen MR) is 68.2 cm³/mol. The van der Waals surface area contributed by atoms with Gasteiger partial charge in [-0.2, -0.15) is 5.10 Å². The van der Waals surface area contributed by atoms with Crippen LogP contribution in [0.1, 0.15) is 48.7 Å². The Labute approximate surface area is 107 Å². The van der Waals surface area contributed by atoms with Crippen LogP contribution in [0.4, 0.5) is 0 Å². The second-order valence-electron chi connectivity index (χ2n) is 5.50. The molecule has 0 bridgehead atoms. The van der Waals surface area contributed by atoms with E-state index in [1.54, 1.807) is 6.92 Å². The molecule has 1 aliphatic rings. The molecule has 1 heterocycles. The first-order chi connectivity index (χ1) is 8.50. The van der Waals surface area contributed by atoms with Crippen LogP contribution < -0.4 is 5.32 Å². The first kappa shape index (κ1) is 13.1. The number of nitrogens with zero attached hydrogens (tertiary/aromatic N) is 1. The number of aliphatic hydroxyl groups is 1. The van der Waals surface area contributed by atoms with Crippen molar-refractivity contribution in [2.45, 2.75) is 45.1 Å². The number of aromatic nitrogens is 2. The lowest BCUT2D eigenvalue weighted by atomic mass is 9.79. The van der Waals surface area contributed by atoms with Gasteiger partial charge in [0, 0.05) is 12.2 Å². The summed E-state index contributed by atoms with van der Waals surface area (Å²) in [4.78, 5) is 11.9. The van der Waals surface area contributed by atoms with Gasteiger partial charge in [0.2, 0.25) is 0 Å². The smallest absolute Gasteiger partial charge is 0.254 e. The zero-order chi connectivity index (χ0) is 13.2. The van der Waals surface area contributed by atoms with Gasteiger partial charge in [0.25, 0.3) is 5.91 Å². The molecule has 0 spiro atoms. The molecule has 0 aliphatic heterocycles. The van der Waals surface area contributed by atoms with Gasteiger partial charge in [-0.15, -0.1) is 0 Å². The van der Waals surface area contributed by atoms with Crippen LogP contribution in [-0.2, 0) is 0 Å². The molecule has 0 atom stereocenters. The number of amides is 1. The maximum Gasteiger partial charge on any atom is 0.254 e. The van der Waals surface area contributed by atoms with Crippen molar-refractivity contribution in [1.29, 1.82) is 0 Å². The zero-order valence-electron chi connectivity index (χ0n) is 11.0. The molecule has 100 valence electrons. The summed E-state index contributed by atoms with van der Waals surface area (Å²) >= 11 is 0. The molecule has 2 rings (SSSR count). The number of carbonyl (C=O) groups excluding carboxylic acids is 1. The average molecular weight is 251 g/mol. The molecule has 1 aromatic heterocycles. The molecule has 0 aromatic carbocycles. The van der Waals surface area contributed by atoms with Crippen LogP contribution in [0.2, 0.25) is 0 Å². The fourth-order valence-electron chi connectivity index (χ4n) is 2.40. The Balaban J connectivity index is 1.88. The molecule has 5 nitrogen and oxygen atoms in total. The maximum atomic E-state index is 11.9. The number of H-pyrrole nitrogens is 1. The SMILES string of the molecule is Cc1[nH]ncc1C(=O)NCC1(O)CCC(C)CC1. The molecule has 0 saturated heterocycles. The summed E-state index contributed by atoms with van der Waals surface area (Å²) in [6, 6.07) is 0. The fourth-order valence-corrected chi connectivity index (χ4v) is 2.40. The van der Waals surface area contributed by atoms with Gasteiger partial charge in [-0.25, -0.2) is 0 Å². The van der Waals surface area contributed by atoms with E-state index < -0.39 is 5.60 Å². The van der Waals surface area contributed by atoms with Crippen LogP contribution in [0.5, 0.6) is 0 Å². The van der Waals surface area contributed by atoms with Crippen LogP contribution >= 0.6 is 0 Å². The second kappa shape index (κ2) is 5.10. The number of carbonyl (C=O) groups is 1. The average Bonchev–Trinajstić information content (AvgIpc) is 2.77. The monoisotopic (exact) mass is 251 g/mol. The Bertz CT molecular complexity index is 420. The highest BCUT2D eigenvalue weighted by Gasteiger charge is 2.32. The highest BCUT2D eigenvalue weighted by Crippen LogP contribution is 2.31. The minimum absolute atomic E-state index is 0.173. The van der Waals surface area contributed by atoms with Crippen molar-refractivity contribution in [3.05, 3.63) is 17.5 Å². The Morgan fingerprint density at radius 3 is 2.83 bits per heavy atom. The van der Waals surface area contributed by atoms with E-state index in [2.05, 4.69) is 22.4 Å². The van der Waals surface area contributed by atoms with E-state index in [1.807, 2.05) is 0 Å². The van der Waals surface area contributed by atoms with Crippen molar-refractivity contribution in [2.75, 3.05) is 6.54 Å². The van der Waals surface area contributed by atoms with E-state index in [1.165, 1.54) is 6.20 Å². The third-order valence-electron chi connectivity index (χ3n) is 3.86. The fraction of sp³-hybridized carbons (Fsp3) is 0.692. The minimum atomic E-state index is -0.736. The summed E-state index contributed by atoms with van der Waals surface area (Å²) in [6.45, 7) is 4.33. The molecular weight excluding hydrogens is 230 g/mol. The third kappa shape index (κ3) is 2.90. The Morgan fingerprint density at radius 2 is 2.28 bits per heavy atom. The number of aromatic amines is 1. The second-order valence-corrected chi connectivity index (χ2v) is 5.50. The molecule has 1 aliphatic carbocycles.